The van der Waals surface area contributed by atoms with Gasteiger partial charge in [-0.1, -0.05) is 23.4 Å². The Bertz CT molecular complexity index is 1310. The molecule has 3 aromatic heterocycles. The van der Waals surface area contributed by atoms with Crippen LogP contribution in [0.2, 0.25) is 0 Å². The highest BCUT2D eigenvalue weighted by Crippen LogP contribution is 2.26. The van der Waals surface area contributed by atoms with Crippen molar-refractivity contribution in [2.75, 3.05) is 11.9 Å². The van der Waals surface area contributed by atoms with Gasteiger partial charge in [0.25, 0.3) is 0 Å². The number of benzene rings is 1. The Labute approximate surface area is 204 Å². The Morgan fingerprint density at radius 3 is 2.72 bits per heavy atom. The lowest BCUT2D eigenvalue weighted by molar-refractivity contribution is -0.137. The van der Waals surface area contributed by atoms with E-state index in [0.717, 1.165) is 6.20 Å². The van der Waals surface area contributed by atoms with Gasteiger partial charge in [-0.15, -0.1) is 0 Å². The maximum atomic E-state index is 14.3. The van der Waals surface area contributed by atoms with Crippen molar-refractivity contribution in [2.24, 2.45) is 0 Å². The van der Waals surface area contributed by atoms with Crippen LogP contribution in [0.1, 0.15) is 31.2 Å². The highest BCUT2D eigenvalue weighted by molar-refractivity contribution is 5.66. The van der Waals surface area contributed by atoms with Gasteiger partial charge in [0.05, 0.1) is 24.5 Å². The van der Waals surface area contributed by atoms with Crippen LogP contribution in [0, 0.1) is 11.6 Å². The standard InChI is InChI=1S/C24H24F2N6O4/c25-17-6-2-1-4-15(17)14-32-21(19-9-11-36-31-19)12-20(30-32)24-28-13-18(26)23(29-24)27-10-8-16(33)5-3-7-22(34)35/h1-2,4,6,9,11-13,16,33H,3,5,7-8,10,14H2,(H,34,35)(H,27,28,29). The fourth-order valence-electron chi connectivity index (χ4n) is 3.59. The van der Waals surface area contributed by atoms with Gasteiger partial charge in [0.2, 0.25) is 0 Å². The number of halogens is 2. The van der Waals surface area contributed by atoms with E-state index in [2.05, 4.69) is 25.5 Å². The Morgan fingerprint density at radius 2 is 1.97 bits per heavy atom. The molecular weight excluding hydrogens is 474 g/mol. The molecule has 0 aliphatic rings. The molecule has 1 atom stereocenters. The first kappa shape index (κ1) is 24.9. The topological polar surface area (TPSA) is 139 Å². The van der Waals surface area contributed by atoms with Crippen LogP contribution in [0.25, 0.3) is 22.9 Å². The number of hydrogen-bond donors (Lipinski definition) is 3. The predicted molar refractivity (Wildman–Crippen MR) is 125 cm³/mol. The molecule has 0 aliphatic heterocycles. The second kappa shape index (κ2) is 11.5. The molecule has 0 amide bonds. The van der Waals surface area contributed by atoms with Gasteiger partial charge in [-0.2, -0.15) is 5.10 Å². The molecule has 36 heavy (non-hydrogen) atoms. The molecule has 0 radical (unpaired) electrons. The monoisotopic (exact) mass is 498 g/mol. The predicted octanol–water partition coefficient (Wildman–Crippen LogP) is 3.74. The number of nitrogens with zero attached hydrogens (tertiary/aromatic N) is 5. The summed E-state index contributed by atoms with van der Waals surface area (Å²) in [6, 6.07) is 9.63. The first-order chi connectivity index (χ1) is 17.4. The van der Waals surface area contributed by atoms with E-state index >= 15 is 0 Å². The second-order valence-electron chi connectivity index (χ2n) is 8.09. The third-order valence-corrected chi connectivity index (χ3v) is 5.43. The Hall–Kier alpha value is -4.19. The van der Waals surface area contributed by atoms with Crippen LogP contribution in [0.5, 0.6) is 0 Å². The minimum Gasteiger partial charge on any atom is -0.481 e. The summed E-state index contributed by atoms with van der Waals surface area (Å²) in [5.74, 6) is -1.90. The van der Waals surface area contributed by atoms with Gasteiger partial charge in [-0.05, 0) is 31.4 Å². The molecule has 3 N–H and O–H groups in total. The fraction of sp³-hybridized carbons (Fsp3) is 0.292. The van der Waals surface area contributed by atoms with Gasteiger partial charge >= 0.3 is 5.97 Å². The number of aliphatic hydroxyl groups excluding tert-OH is 1. The molecule has 188 valence electrons. The summed E-state index contributed by atoms with van der Waals surface area (Å²) in [5.41, 5.74) is 1.75. The van der Waals surface area contributed by atoms with E-state index in [4.69, 9.17) is 9.63 Å². The van der Waals surface area contributed by atoms with E-state index in [1.54, 1.807) is 35.0 Å². The number of aromatic nitrogens is 5. The molecule has 12 heteroatoms. The van der Waals surface area contributed by atoms with Crippen LogP contribution < -0.4 is 5.32 Å². The summed E-state index contributed by atoms with van der Waals surface area (Å²) >= 11 is 0. The van der Waals surface area contributed by atoms with E-state index in [9.17, 15) is 18.7 Å². The van der Waals surface area contributed by atoms with E-state index < -0.39 is 17.9 Å². The highest BCUT2D eigenvalue weighted by Gasteiger charge is 2.18. The lowest BCUT2D eigenvalue weighted by Crippen LogP contribution is -2.15. The Morgan fingerprint density at radius 1 is 1.14 bits per heavy atom. The molecule has 0 spiro atoms. The quantitative estimate of drug-likeness (QED) is 0.266. The number of rotatable bonds is 12. The van der Waals surface area contributed by atoms with Gasteiger partial charge in [0, 0.05) is 24.6 Å². The zero-order valence-electron chi connectivity index (χ0n) is 19.1. The van der Waals surface area contributed by atoms with Crippen LogP contribution in [0.4, 0.5) is 14.6 Å². The number of aliphatic hydroxyl groups is 1. The van der Waals surface area contributed by atoms with E-state index in [1.165, 1.54) is 12.3 Å². The summed E-state index contributed by atoms with van der Waals surface area (Å²) in [4.78, 5) is 18.9. The first-order valence-electron chi connectivity index (χ1n) is 11.3. The van der Waals surface area contributed by atoms with Gasteiger partial charge in [-0.25, -0.2) is 18.7 Å². The minimum absolute atomic E-state index is 0.0196. The molecule has 0 saturated carbocycles. The van der Waals surface area contributed by atoms with Gasteiger partial charge in [-0.3, -0.25) is 9.48 Å². The number of carbonyl (C=O) groups is 1. The zero-order chi connectivity index (χ0) is 25.5. The molecule has 0 aliphatic carbocycles. The largest absolute Gasteiger partial charge is 0.481 e. The molecule has 3 heterocycles. The number of nitrogens with one attached hydrogen (secondary N) is 1. The number of aliphatic carboxylic acids is 1. The van der Waals surface area contributed by atoms with Crippen molar-refractivity contribution < 1.29 is 28.3 Å². The highest BCUT2D eigenvalue weighted by atomic mass is 19.1. The zero-order valence-corrected chi connectivity index (χ0v) is 19.1. The fourth-order valence-corrected chi connectivity index (χ4v) is 3.59. The number of hydrogen-bond acceptors (Lipinski definition) is 8. The van der Waals surface area contributed by atoms with Crippen LogP contribution in [-0.2, 0) is 11.3 Å². The lowest BCUT2D eigenvalue weighted by Gasteiger charge is -2.11. The van der Waals surface area contributed by atoms with Crippen molar-refractivity contribution in [1.82, 2.24) is 24.9 Å². The van der Waals surface area contributed by atoms with E-state index in [0.29, 0.717) is 35.5 Å². The number of anilines is 1. The van der Waals surface area contributed by atoms with Crippen molar-refractivity contribution >= 4 is 11.8 Å². The molecule has 1 aromatic carbocycles. The molecule has 0 bridgehead atoms. The third kappa shape index (κ3) is 6.27. The van der Waals surface area contributed by atoms with Gasteiger partial charge in [0.15, 0.2) is 17.5 Å². The average Bonchev–Trinajstić information content (AvgIpc) is 3.52. The summed E-state index contributed by atoms with van der Waals surface area (Å²) < 4.78 is 35.1. The smallest absolute Gasteiger partial charge is 0.303 e. The average molecular weight is 498 g/mol. The SMILES string of the molecule is O=C(O)CCCC(O)CCNc1nc(-c2cc(-c3ccon3)n(Cc3ccccc3F)n2)ncc1F. The van der Waals surface area contributed by atoms with E-state index in [1.807, 2.05) is 0 Å². The van der Waals surface area contributed by atoms with Crippen molar-refractivity contribution in [3.8, 4) is 22.9 Å². The third-order valence-electron chi connectivity index (χ3n) is 5.43. The van der Waals surface area contributed by atoms with Crippen molar-refractivity contribution in [3.05, 3.63) is 66.1 Å². The normalized spacial score (nSPS) is 12.0. The number of carboxylic acid groups (broad SMARTS) is 1. The van der Waals surface area contributed by atoms with E-state index in [-0.39, 0.29) is 43.4 Å². The van der Waals surface area contributed by atoms with Crippen LogP contribution in [-0.4, -0.2) is 53.7 Å². The summed E-state index contributed by atoms with van der Waals surface area (Å²) in [6.45, 7) is 0.328. The molecule has 0 saturated heterocycles. The lowest BCUT2D eigenvalue weighted by atomic mass is 10.1. The molecule has 0 fully saturated rings. The molecule has 4 rings (SSSR count). The summed E-state index contributed by atoms with van der Waals surface area (Å²) in [7, 11) is 0. The molecule has 1 unspecified atom stereocenters. The van der Waals surface area contributed by atoms with Crippen LogP contribution in [0.3, 0.4) is 0 Å². The molecular formula is C24H24F2N6O4. The Balaban J connectivity index is 1.51. The second-order valence-corrected chi connectivity index (χ2v) is 8.09. The number of carboxylic acids is 1. The molecule has 4 aromatic rings. The van der Waals surface area contributed by atoms with Crippen molar-refractivity contribution in [1.29, 1.82) is 0 Å². The maximum absolute atomic E-state index is 14.3. The van der Waals surface area contributed by atoms with Crippen molar-refractivity contribution in [2.45, 2.75) is 38.3 Å². The van der Waals surface area contributed by atoms with Crippen molar-refractivity contribution in [3.63, 3.8) is 0 Å². The minimum atomic E-state index is -0.918. The molecule has 10 nitrogen and oxygen atoms in total. The maximum Gasteiger partial charge on any atom is 0.303 e. The van der Waals surface area contributed by atoms with Crippen LogP contribution >= 0.6 is 0 Å². The summed E-state index contributed by atoms with van der Waals surface area (Å²) in [6.07, 6.45) is 2.64. The first-order valence-corrected chi connectivity index (χ1v) is 11.3. The van der Waals surface area contributed by atoms with Crippen LogP contribution in [0.15, 0.2) is 53.4 Å². The van der Waals surface area contributed by atoms with Gasteiger partial charge in [0.1, 0.15) is 23.5 Å². The Kier molecular flexibility index (Phi) is 7.95. The van der Waals surface area contributed by atoms with Gasteiger partial charge < -0.3 is 20.1 Å². The summed E-state index contributed by atoms with van der Waals surface area (Å²) in [5, 5.41) is 30.0.